The number of aromatic nitrogens is 1. The van der Waals surface area contributed by atoms with Gasteiger partial charge in [0.15, 0.2) is 0 Å². The third-order valence-corrected chi connectivity index (χ3v) is 2.54. The molecule has 3 N–H and O–H groups in total. The topological polar surface area (TPSA) is 81.2 Å². The number of nitrogens with zero attached hydrogens (tertiary/aromatic N) is 1. The average molecular weight is 221 g/mol. The van der Waals surface area contributed by atoms with Crippen LogP contribution in [0.15, 0.2) is 18.3 Å². The Kier molecular flexibility index (Phi) is 3.36. The van der Waals surface area contributed by atoms with E-state index in [1.54, 1.807) is 18.3 Å². The van der Waals surface area contributed by atoms with Gasteiger partial charge in [-0.2, -0.15) is 0 Å². The molecule has 2 heterocycles. The highest BCUT2D eigenvalue weighted by atomic mass is 16.5. The van der Waals surface area contributed by atoms with E-state index in [0.717, 1.165) is 19.6 Å². The molecule has 1 saturated heterocycles. The van der Waals surface area contributed by atoms with Crippen molar-refractivity contribution in [3.8, 4) is 5.88 Å². The number of rotatable bonds is 4. The van der Waals surface area contributed by atoms with Crippen LogP contribution in [0.4, 0.5) is 0 Å². The molecule has 0 saturated carbocycles. The van der Waals surface area contributed by atoms with Gasteiger partial charge in [0.05, 0.1) is 13.2 Å². The molecule has 1 atom stereocenters. The van der Waals surface area contributed by atoms with E-state index in [-0.39, 0.29) is 5.84 Å². The Morgan fingerprint density at radius 1 is 1.69 bits per heavy atom. The SMILES string of the molecule is N=C(N)c1ccnc(OCC2CCOC2)c1. The molecule has 0 radical (unpaired) electrons. The minimum atomic E-state index is 0.0245. The Morgan fingerprint density at radius 2 is 2.56 bits per heavy atom. The second-order valence-corrected chi connectivity index (χ2v) is 3.84. The number of hydrogen-bond donors (Lipinski definition) is 2. The summed E-state index contributed by atoms with van der Waals surface area (Å²) in [6, 6.07) is 3.37. The minimum Gasteiger partial charge on any atom is -0.477 e. The Hall–Kier alpha value is -1.62. The van der Waals surface area contributed by atoms with Gasteiger partial charge in [-0.05, 0) is 12.5 Å². The van der Waals surface area contributed by atoms with Crippen molar-refractivity contribution in [2.24, 2.45) is 11.7 Å². The van der Waals surface area contributed by atoms with Gasteiger partial charge in [-0.15, -0.1) is 0 Å². The van der Waals surface area contributed by atoms with Gasteiger partial charge in [-0.3, -0.25) is 5.41 Å². The molecule has 1 aliphatic rings. The average Bonchev–Trinajstić information content (AvgIpc) is 2.79. The first-order chi connectivity index (χ1) is 7.75. The molecule has 0 amide bonds. The lowest BCUT2D eigenvalue weighted by Crippen LogP contribution is -2.14. The number of amidine groups is 1. The van der Waals surface area contributed by atoms with Crippen LogP contribution in [-0.4, -0.2) is 30.6 Å². The van der Waals surface area contributed by atoms with E-state index in [2.05, 4.69) is 4.98 Å². The van der Waals surface area contributed by atoms with E-state index in [9.17, 15) is 0 Å². The van der Waals surface area contributed by atoms with Crippen molar-refractivity contribution < 1.29 is 9.47 Å². The molecule has 0 aliphatic carbocycles. The van der Waals surface area contributed by atoms with Crippen LogP contribution < -0.4 is 10.5 Å². The highest BCUT2D eigenvalue weighted by molar-refractivity contribution is 5.95. The largest absolute Gasteiger partial charge is 0.477 e. The van der Waals surface area contributed by atoms with Crippen LogP contribution in [-0.2, 0) is 4.74 Å². The van der Waals surface area contributed by atoms with Gasteiger partial charge in [0.25, 0.3) is 0 Å². The number of nitrogens with one attached hydrogen (secondary N) is 1. The summed E-state index contributed by atoms with van der Waals surface area (Å²) in [6.07, 6.45) is 2.63. The van der Waals surface area contributed by atoms with Gasteiger partial charge in [-0.1, -0.05) is 0 Å². The van der Waals surface area contributed by atoms with Crippen LogP contribution in [0.1, 0.15) is 12.0 Å². The van der Waals surface area contributed by atoms with Gasteiger partial charge >= 0.3 is 0 Å². The van der Waals surface area contributed by atoms with Gasteiger partial charge < -0.3 is 15.2 Å². The van der Waals surface area contributed by atoms with Crippen molar-refractivity contribution in [1.82, 2.24) is 4.98 Å². The van der Waals surface area contributed by atoms with Crippen molar-refractivity contribution in [1.29, 1.82) is 5.41 Å². The maximum Gasteiger partial charge on any atom is 0.213 e. The number of pyridine rings is 1. The lowest BCUT2D eigenvalue weighted by atomic mass is 10.1. The third-order valence-electron chi connectivity index (χ3n) is 2.54. The molecule has 1 aromatic rings. The van der Waals surface area contributed by atoms with Crippen molar-refractivity contribution in [3.63, 3.8) is 0 Å². The first-order valence-electron chi connectivity index (χ1n) is 5.26. The summed E-state index contributed by atoms with van der Waals surface area (Å²) in [5.41, 5.74) is 6.01. The highest BCUT2D eigenvalue weighted by Gasteiger charge is 2.16. The molecule has 86 valence electrons. The minimum absolute atomic E-state index is 0.0245. The van der Waals surface area contributed by atoms with Gasteiger partial charge in [0.1, 0.15) is 5.84 Å². The molecule has 5 nitrogen and oxygen atoms in total. The zero-order chi connectivity index (χ0) is 11.4. The fourth-order valence-corrected chi connectivity index (χ4v) is 1.57. The van der Waals surface area contributed by atoms with E-state index in [1.165, 1.54) is 0 Å². The molecule has 5 heteroatoms. The quantitative estimate of drug-likeness (QED) is 0.581. The van der Waals surface area contributed by atoms with E-state index in [1.807, 2.05) is 0 Å². The Bertz CT molecular complexity index is 375. The molecule has 0 spiro atoms. The van der Waals surface area contributed by atoms with Crippen LogP contribution in [0.25, 0.3) is 0 Å². The number of nitrogen functional groups attached to an aromatic ring is 1. The predicted molar refractivity (Wildman–Crippen MR) is 59.7 cm³/mol. The predicted octanol–water partition coefficient (Wildman–Crippen LogP) is 0.781. The molecule has 2 rings (SSSR count). The molecule has 0 aromatic carbocycles. The van der Waals surface area contributed by atoms with Crippen molar-refractivity contribution in [2.45, 2.75) is 6.42 Å². The zero-order valence-electron chi connectivity index (χ0n) is 8.98. The summed E-state index contributed by atoms with van der Waals surface area (Å²) in [5, 5.41) is 7.31. The molecule has 1 fully saturated rings. The summed E-state index contributed by atoms with van der Waals surface area (Å²) in [6.45, 7) is 2.18. The standard InChI is InChI=1S/C11H15N3O2/c12-11(13)9-1-3-14-10(5-9)16-7-8-2-4-15-6-8/h1,3,5,8H,2,4,6-7H2,(H3,12,13). The zero-order valence-corrected chi connectivity index (χ0v) is 8.98. The van der Waals surface area contributed by atoms with E-state index >= 15 is 0 Å². The summed E-state index contributed by atoms with van der Waals surface area (Å²) < 4.78 is 10.8. The second kappa shape index (κ2) is 4.94. The fourth-order valence-electron chi connectivity index (χ4n) is 1.57. The summed E-state index contributed by atoms with van der Waals surface area (Å²) >= 11 is 0. The van der Waals surface area contributed by atoms with Crippen LogP contribution in [0, 0.1) is 11.3 Å². The summed E-state index contributed by atoms with van der Waals surface area (Å²) in [7, 11) is 0. The third kappa shape index (κ3) is 2.70. The first kappa shape index (κ1) is 10.9. The van der Waals surface area contributed by atoms with Crippen molar-refractivity contribution in [3.05, 3.63) is 23.9 Å². The highest BCUT2D eigenvalue weighted by Crippen LogP contribution is 2.15. The van der Waals surface area contributed by atoms with Crippen LogP contribution in [0.2, 0.25) is 0 Å². The molecule has 1 unspecified atom stereocenters. The monoisotopic (exact) mass is 221 g/mol. The molecule has 1 aromatic heterocycles. The second-order valence-electron chi connectivity index (χ2n) is 3.84. The maximum absolute atomic E-state index is 7.31. The Labute approximate surface area is 94.1 Å². The number of ether oxygens (including phenoxy) is 2. The van der Waals surface area contributed by atoms with Gasteiger partial charge in [0.2, 0.25) is 5.88 Å². The van der Waals surface area contributed by atoms with Crippen molar-refractivity contribution >= 4 is 5.84 Å². The normalized spacial score (nSPS) is 19.6. The van der Waals surface area contributed by atoms with E-state index in [4.69, 9.17) is 20.6 Å². The lowest BCUT2D eigenvalue weighted by Gasteiger charge is -2.09. The van der Waals surface area contributed by atoms with Crippen LogP contribution >= 0.6 is 0 Å². The molecule has 16 heavy (non-hydrogen) atoms. The number of nitrogens with two attached hydrogens (primary N) is 1. The lowest BCUT2D eigenvalue weighted by molar-refractivity contribution is 0.165. The molecule has 0 bridgehead atoms. The Morgan fingerprint density at radius 3 is 3.25 bits per heavy atom. The van der Waals surface area contributed by atoms with Crippen molar-refractivity contribution in [2.75, 3.05) is 19.8 Å². The molecular weight excluding hydrogens is 206 g/mol. The van der Waals surface area contributed by atoms with E-state index < -0.39 is 0 Å². The smallest absolute Gasteiger partial charge is 0.213 e. The summed E-state index contributed by atoms with van der Waals surface area (Å²) in [5.74, 6) is 0.985. The first-order valence-corrected chi connectivity index (χ1v) is 5.26. The fraction of sp³-hybridized carbons (Fsp3) is 0.455. The molecule has 1 aliphatic heterocycles. The maximum atomic E-state index is 7.31. The van der Waals surface area contributed by atoms with Crippen LogP contribution in [0.5, 0.6) is 5.88 Å². The number of hydrogen-bond acceptors (Lipinski definition) is 4. The van der Waals surface area contributed by atoms with E-state index in [0.29, 0.717) is 24.0 Å². The van der Waals surface area contributed by atoms with Gasteiger partial charge in [-0.25, -0.2) is 4.98 Å². The van der Waals surface area contributed by atoms with Gasteiger partial charge in [0, 0.05) is 30.4 Å². The van der Waals surface area contributed by atoms with Crippen LogP contribution in [0.3, 0.4) is 0 Å². The molecular formula is C11H15N3O2. The Balaban J connectivity index is 1.93. The summed E-state index contributed by atoms with van der Waals surface area (Å²) in [4.78, 5) is 4.07.